The summed E-state index contributed by atoms with van der Waals surface area (Å²) in [6.07, 6.45) is 2.53. The molecule has 17 heavy (non-hydrogen) atoms. The zero-order valence-corrected chi connectivity index (χ0v) is 10.5. The Bertz CT molecular complexity index is 350. The van der Waals surface area contributed by atoms with Crippen molar-refractivity contribution in [3.05, 3.63) is 29.8 Å². The van der Waals surface area contributed by atoms with E-state index >= 15 is 0 Å². The van der Waals surface area contributed by atoms with Crippen LogP contribution in [0.1, 0.15) is 25.3 Å². The van der Waals surface area contributed by atoms with Crippen LogP contribution in [0.15, 0.2) is 24.3 Å². The highest BCUT2D eigenvalue weighted by Gasteiger charge is 2.29. The Hall–Kier alpha value is -1.06. The van der Waals surface area contributed by atoms with Crippen LogP contribution in [0, 0.1) is 6.92 Å². The lowest BCUT2D eigenvalue weighted by atomic mass is 10.1. The van der Waals surface area contributed by atoms with E-state index in [9.17, 15) is 5.11 Å². The Morgan fingerprint density at radius 1 is 1.35 bits per heavy atom. The van der Waals surface area contributed by atoms with Crippen molar-refractivity contribution in [2.24, 2.45) is 0 Å². The van der Waals surface area contributed by atoms with Crippen molar-refractivity contribution < 1.29 is 9.84 Å². The molecule has 0 amide bonds. The fourth-order valence-electron chi connectivity index (χ4n) is 2.25. The molecule has 0 saturated carbocycles. The molecule has 3 atom stereocenters. The summed E-state index contributed by atoms with van der Waals surface area (Å²) in [5.74, 6) is 0. The van der Waals surface area contributed by atoms with Crippen LogP contribution in [0.3, 0.4) is 0 Å². The SMILES string of the molecule is Cc1ccc(NC(CO)C2CCC(C)O2)cc1. The van der Waals surface area contributed by atoms with Crippen LogP contribution < -0.4 is 5.32 Å². The van der Waals surface area contributed by atoms with E-state index in [1.807, 2.05) is 12.1 Å². The summed E-state index contributed by atoms with van der Waals surface area (Å²) in [6.45, 7) is 4.25. The molecule has 1 heterocycles. The molecule has 2 N–H and O–H groups in total. The molecular formula is C14H21NO2. The number of hydrogen-bond acceptors (Lipinski definition) is 3. The van der Waals surface area contributed by atoms with E-state index in [2.05, 4.69) is 31.3 Å². The van der Waals surface area contributed by atoms with Gasteiger partial charge in [0.15, 0.2) is 0 Å². The normalized spacial score (nSPS) is 25.8. The molecule has 0 bridgehead atoms. The molecule has 0 radical (unpaired) electrons. The van der Waals surface area contributed by atoms with E-state index in [1.54, 1.807) is 0 Å². The molecule has 2 rings (SSSR count). The van der Waals surface area contributed by atoms with Gasteiger partial charge in [0, 0.05) is 5.69 Å². The first kappa shape index (κ1) is 12.4. The van der Waals surface area contributed by atoms with Gasteiger partial charge < -0.3 is 15.2 Å². The third kappa shape index (κ3) is 3.20. The van der Waals surface area contributed by atoms with E-state index in [1.165, 1.54) is 5.56 Å². The summed E-state index contributed by atoms with van der Waals surface area (Å²) in [5, 5.41) is 12.8. The predicted octanol–water partition coefficient (Wildman–Crippen LogP) is 2.34. The van der Waals surface area contributed by atoms with Gasteiger partial charge in [0.25, 0.3) is 0 Å². The van der Waals surface area contributed by atoms with Crippen molar-refractivity contribution >= 4 is 5.69 Å². The zero-order chi connectivity index (χ0) is 12.3. The highest BCUT2D eigenvalue weighted by molar-refractivity contribution is 5.45. The van der Waals surface area contributed by atoms with Gasteiger partial charge in [0.05, 0.1) is 24.9 Å². The minimum Gasteiger partial charge on any atom is -0.394 e. The summed E-state index contributed by atoms with van der Waals surface area (Å²) in [4.78, 5) is 0. The number of nitrogens with one attached hydrogen (secondary N) is 1. The summed E-state index contributed by atoms with van der Waals surface area (Å²) in [6, 6.07) is 8.19. The molecule has 3 unspecified atom stereocenters. The summed E-state index contributed by atoms with van der Waals surface area (Å²) < 4.78 is 5.79. The minimum atomic E-state index is -0.0114. The molecule has 3 heteroatoms. The van der Waals surface area contributed by atoms with Crippen molar-refractivity contribution in [2.45, 2.75) is 44.9 Å². The Morgan fingerprint density at radius 2 is 2.06 bits per heavy atom. The second-order valence-corrected chi connectivity index (χ2v) is 4.86. The summed E-state index contributed by atoms with van der Waals surface area (Å²) in [5.41, 5.74) is 2.28. The molecule has 0 aliphatic carbocycles. The van der Waals surface area contributed by atoms with E-state index in [-0.39, 0.29) is 18.8 Å². The van der Waals surface area contributed by atoms with Gasteiger partial charge in [-0.05, 0) is 38.8 Å². The van der Waals surface area contributed by atoms with Gasteiger partial charge in [0.2, 0.25) is 0 Å². The van der Waals surface area contributed by atoms with Crippen molar-refractivity contribution in [1.82, 2.24) is 0 Å². The van der Waals surface area contributed by atoms with E-state index < -0.39 is 0 Å². The van der Waals surface area contributed by atoms with Crippen LogP contribution in [0.25, 0.3) is 0 Å². The zero-order valence-electron chi connectivity index (χ0n) is 10.5. The number of aliphatic hydroxyl groups excluding tert-OH is 1. The van der Waals surface area contributed by atoms with Gasteiger partial charge in [-0.3, -0.25) is 0 Å². The van der Waals surface area contributed by atoms with E-state index in [0.29, 0.717) is 6.10 Å². The van der Waals surface area contributed by atoms with E-state index in [4.69, 9.17) is 4.74 Å². The lowest BCUT2D eigenvalue weighted by Gasteiger charge is -2.24. The summed E-state index contributed by atoms with van der Waals surface area (Å²) in [7, 11) is 0. The molecule has 0 spiro atoms. The summed E-state index contributed by atoms with van der Waals surface area (Å²) >= 11 is 0. The van der Waals surface area contributed by atoms with Gasteiger partial charge >= 0.3 is 0 Å². The molecule has 1 aliphatic heterocycles. The monoisotopic (exact) mass is 235 g/mol. The van der Waals surface area contributed by atoms with Crippen LogP contribution in [0.4, 0.5) is 5.69 Å². The first-order valence-electron chi connectivity index (χ1n) is 6.28. The van der Waals surface area contributed by atoms with E-state index in [0.717, 1.165) is 18.5 Å². The number of aliphatic hydroxyl groups is 1. The fourth-order valence-corrected chi connectivity index (χ4v) is 2.25. The molecule has 0 aromatic heterocycles. The highest BCUT2D eigenvalue weighted by atomic mass is 16.5. The fraction of sp³-hybridized carbons (Fsp3) is 0.571. The molecule has 1 aromatic carbocycles. The molecule has 1 fully saturated rings. The van der Waals surface area contributed by atoms with Crippen molar-refractivity contribution in [1.29, 1.82) is 0 Å². The van der Waals surface area contributed by atoms with Crippen LogP contribution in [-0.4, -0.2) is 30.0 Å². The van der Waals surface area contributed by atoms with Crippen molar-refractivity contribution in [3.63, 3.8) is 0 Å². The lowest BCUT2D eigenvalue weighted by molar-refractivity contribution is 0.0324. The van der Waals surface area contributed by atoms with Gasteiger partial charge in [0.1, 0.15) is 0 Å². The number of rotatable bonds is 4. The molecule has 1 aromatic rings. The Kier molecular flexibility index (Phi) is 4.02. The van der Waals surface area contributed by atoms with Gasteiger partial charge in [-0.15, -0.1) is 0 Å². The maximum Gasteiger partial charge on any atom is 0.0803 e. The lowest BCUT2D eigenvalue weighted by Crippen LogP contribution is -2.36. The number of aryl methyl sites for hydroxylation is 1. The number of anilines is 1. The molecule has 3 nitrogen and oxygen atoms in total. The van der Waals surface area contributed by atoms with Gasteiger partial charge in [-0.1, -0.05) is 17.7 Å². The maximum atomic E-state index is 9.45. The molecular weight excluding hydrogens is 214 g/mol. The standard InChI is InChI=1S/C14H21NO2/c1-10-3-6-12(7-4-10)15-13(9-16)14-8-5-11(2)17-14/h3-4,6-7,11,13-16H,5,8-9H2,1-2H3. The van der Waals surface area contributed by atoms with Crippen LogP contribution in [0.2, 0.25) is 0 Å². The van der Waals surface area contributed by atoms with Crippen LogP contribution >= 0.6 is 0 Å². The van der Waals surface area contributed by atoms with Gasteiger partial charge in [-0.25, -0.2) is 0 Å². The predicted molar refractivity (Wildman–Crippen MR) is 69.2 cm³/mol. The van der Waals surface area contributed by atoms with Crippen molar-refractivity contribution in [3.8, 4) is 0 Å². The average Bonchev–Trinajstić information content (AvgIpc) is 2.75. The molecule has 1 aliphatic rings. The van der Waals surface area contributed by atoms with Gasteiger partial charge in [-0.2, -0.15) is 0 Å². The first-order valence-corrected chi connectivity index (χ1v) is 6.28. The Morgan fingerprint density at radius 3 is 2.59 bits per heavy atom. The first-order chi connectivity index (χ1) is 8.19. The second-order valence-electron chi connectivity index (χ2n) is 4.86. The number of benzene rings is 1. The molecule has 1 saturated heterocycles. The smallest absolute Gasteiger partial charge is 0.0803 e. The number of hydrogen-bond donors (Lipinski definition) is 2. The average molecular weight is 235 g/mol. The largest absolute Gasteiger partial charge is 0.394 e. The molecule has 94 valence electrons. The topological polar surface area (TPSA) is 41.5 Å². The maximum absolute atomic E-state index is 9.45. The Labute approximate surface area is 103 Å². The number of ether oxygens (including phenoxy) is 1. The third-order valence-corrected chi connectivity index (χ3v) is 3.31. The van der Waals surface area contributed by atoms with Crippen molar-refractivity contribution in [2.75, 3.05) is 11.9 Å². The van der Waals surface area contributed by atoms with Crippen LogP contribution in [0.5, 0.6) is 0 Å². The second kappa shape index (κ2) is 5.52. The highest BCUT2D eigenvalue weighted by Crippen LogP contribution is 2.23. The third-order valence-electron chi connectivity index (χ3n) is 3.31. The van der Waals surface area contributed by atoms with Crippen LogP contribution in [-0.2, 0) is 4.74 Å². The Balaban J connectivity index is 1.97. The quantitative estimate of drug-likeness (QED) is 0.841. The minimum absolute atomic E-state index is 0.0114.